The number of ether oxygens (including phenoxy) is 1. The van der Waals surface area contributed by atoms with Crippen molar-refractivity contribution < 1.29 is 64.7 Å². The first-order valence-electron chi connectivity index (χ1n) is 41.0. The van der Waals surface area contributed by atoms with E-state index in [0.717, 1.165) is 104 Å². The van der Waals surface area contributed by atoms with Gasteiger partial charge < -0.3 is 54.2 Å². The summed E-state index contributed by atoms with van der Waals surface area (Å²) in [4.78, 5) is 76.6. The molecule has 0 aliphatic carbocycles. The zero-order valence-corrected chi connectivity index (χ0v) is 75.8. The van der Waals surface area contributed by atoms with E-state index < -0.39 is 53.3 Å². The first-order valence-corrected chi connectivity index (χ1v) is 48.7. The summed E-state index contributed by atoms with van der Waals surface area (Å²) in [6.45, 7) is 14.6. The minimum atomic E-state index is -3.76. The predicted molar refractivity (Wildman–Crippen MR) is 511 cm³/mol. The number of sulfonamides is 3. The Morgan fingerprint density at radius 2 is 1.19 bits per heavy atom. The number of piperazine rings is 2. The molecule has 4 atom stereocenters. The molecule has 0 bridgehead atoms. The molecule has 5 aliphatic heterocycles. The predicted octanol–water partition coefficient (Wildman–Crippen LogP) is 14.5. The van der Waals surface area contributed by atoms with Crippen molar-refractivity contribution in [2.45, 2.75) is 90.8 Å². The number of anilines is 10. The highest BCUT2D eigenvalue weighted by molar-refractivity contribution is 7.93. The van der Waals surface area contributed by atoms with E-state index in [9.17, 15) is 48.4 Å². The normalized spacial score (nSPS) is 16.2. The minimum absolute atomic E-state index is 0. The Kier molecular flexibility index (Phi) is 30.2. The van der Waals surface area contributed by atoms with Crippen molar-refractivity contribution in [2.24, 2.45) is 0 Å². The molecule has 5 aliphatic rings. The zero-order valence-electron chi connectivity index (χ0n) is 70.2. The second-order valence-electron chi connectivity index (χ2n) is 30.4. The van der Waals surface area contributed by atoms with Crippen molar-refractivity contribution >= 4 is 160 Å². The smallest absolute Gasteiger partial charge is 0.268 e. The van der Waals surface area contributed by atoms with Gasteiger partial charge in [0.15, 0.2) is 16.4 Å². The molecule has 13 aromatic rings. The van der Waals surface area contributed by atoms with Gasteiger partial charge in [-0.25, -0.2) is 55.2 Å². The maximum atomic E-state index is 13.1. The highest BCUT2D eigenvalue weighted by Gasteiger charge is 2.39. The van der Waals surface area contributed by atoms with Crippen LogP contribution in [0.3, 0.4) is 0 Å². The number of nitrogens with zero attached hydrogens (tertiary/aromatic N) is 14. The Morgan fingerprint density at radius 3 is 1.75 bits per heavy atom. The van der Waals surface area contributed by atoms with Crippen molar-refractivity contribution in [1.82, 2.24) is 39.7 Å². The van der Waals surface area contributed by atoms with Crippen molar-refractivity contribution in [3.63, 3.8) is 0 Å². The number of amides is 3. The quantitative estimate of drug-likeness (QED) is 0.0393. The summed E-state index contributed by atoms with van der Waals surface area (Å²) >= 11 is 6.56. The molecule has 129 heavy (non-hydrogen) atoms. The van der Waals surface area contributed by atoms with Crippen molar-refractivity contribution in [3.8, 4) is 11.8 Å². The van der Waals surface area contributed by atoms with Crippen molar-refractivity contribution in [2.75, 3.05) is 122 Å². The third-order valence-electron chi connectivity index (χ3n) is 21.6. The van der Waals surface area contributed by atoms with Gasteiger partial charge in [-0.1, -0.05) is 59.6 Å². The second-order valence-corrected chi connectivity index (χ2v) is 38.6. The Bertz CT molecular complexity index is 6440. The van der Waals surface area contributed by atoms with E-state index in [4.69, 9.17) is 31.8 Å². The summed E-state index contributed by atoms with van der Waals surface area (Å²) in [6, 6.07) is 59.8. The number of carbonyl (C=O) groups is 3. The van der Waals surface area contributed by atoms with E-state index in [1.165, 1.54) is 107 Å². The number of carbonyl (C=O) groups excluding carboxylic acids is 3. The molecule has 3 unspecified atom stereocenters. The number of nitrogens with one attached hydrogen (secondary N) is 4. The van der Waals surface area contributed by atoms with Crippen LogP contribution in [0.15, 0.2) is 272 Å². The molecule has 6 N–H and O–H groups in total. The monoisotopic (exact) mass is 1880 g/mol. The lowest BCUT2D eigenvalue weighted by molar-refractivity contribution is -0.132. The number of thiazole rings is 2. The van der Waals surface area contributed by atoms with Crippen LogP contribution in [-0.4, -0.2) is 182 Å². The number of benzene rings is 8. The fraction of sp³-hybridized carbons (Fsp3) is 0.244. The number of rotatable bonds is 22. The lowest BCUT2D eigenvalue weighted by Crippen LogP contribution is -2.52. The molecule has 32 nitrogen and oxygen atoms in total. The fourth-order valence-corrected chi connectivity index (χ4v) is 19.8. The van der Waals surface area contributed by atoms with Crippen LogP contribution in [0.25, 0.3) is 11.0 Å². The number of halogens is 1. The highest BCUT2D eigenvalue weighted by atomic mass is 35.5. The number of fused-ring (bicyclic) bond motifs is 2. The number of aryl methyl sites for hydroxylation is 3. The van der Waals surface area contributed by atoms with Gasteiger partial charge in [0.25, 0.3) is 36.0 Å². The Hall–Kier alpha value is -13.0. The topological polar surface area (TPSA) is 414 Å². The number of furan rings is 1. The molecule has 3 amide bonds. The number of hydrogen-bond donors (Lipinski definition) is 5. The van der Waals surface area contributed by atoms with Gasteiger partial charge in [-0.05, 0) is 220 Å². The van der Waals surface area contributed by atoms with Gasteiger partial charge in [0, 0.05) is 165 Å². The Labute approximate surface area is 770 Å². The van der Waals surface area contributed by atoms with E-state index in [1.54, 1.807) is 112 Å². The molecule has 4 fully saturated rings. The molecule has 0 spiro atoms. The van der Waals surface area contributed by atoms with Crippen LogP contribution < -0.4 is 54.5 Å². The van der Waals surface area contributed by atoms with E-state index in [-0.39, 0.29) is 62.1 Å². The number of nitrogens with two attached hydrogens (primary N) is 1. The molecule has 18 rings (SSSR count). The number of aromatic nitrogens is 6. The molecule has 8 aromatic carbocycles. The number of nitrogen functional groups attached to an aromatic ring is 1. The lowest BCUT2D eigenvalue weighted by Gasteiger charge is -2.37. The van der Waals surface area contributed by atoms with Crippen LogP contribution in [0.5, 0.6) is 5.75 Å². The average Bonchev–Trinajstić information content (AvgIpc) is 1.61. The number of nitriles is 1. The van der Waals surface area contributed by atoms with Crippen LogP contribution in [-0.2, 0) is 68.5 Å². The van der Waals surface area contributed by atoms with E-state index in [1.807, 2.05) is 66.6 Å². The molecule has 0 saturated carbocycles. The second kappa shape index (κ2) is 42.3. The van der Waals surface area contributed by atoms with E-state index in [2.05, 4.69) is 112 Å². The number of hydrogen-bond acceptors (Lipinski definition) is 28. The summed E-state index contributed by atoms with van der Waals surface area (Å²) in [5.74, 6) is 1.79. The van der Waals surface area contributed by atoms with Gasteiger partial charge in [-0.15, -0.1) is 22.7 Å². The average molecular weight is 1880 g/mol. The van der Waals surface area contributed by atoms with Crippen LogP contribution in [0, 0.1) is 25.2 Å². The van der Waals surface area contributed by atoms with Gasteiger partial charge in [-0.2, -0.15) is 5.26 Å². The Balaban J connectivity index is 0.000000194. The van der Waals surface area contributed by atoms with Crippen LogP contribution in [0.1, 0.15) is 61.3 Å². The zero-order chi connectivity index (χ0) is 90.8. The van der Waals surface area contributed by atoms with Crippen LogP contribution >= 0.6 is 34.3 Å². The molecule has 678 valence electrons. The summed E-state index contributed by atoms with van der Waals surface area (Å²) in [5, 5.41) is 18.3. The molecule has 0 radical (unpaired) electrons. The van der Waals surface area contributed by atoms with E-state index in [0.29, 0.717) is 78.0 Å². The maximum Gasteiger partial charge on any atom is 0.268 e. The lowest BCUT2D eigenvalue weighted by atomic mass is 9.97. The maximum absolute atomic E-state index is 13.1. The summed E-state index contributed by atoms with van der Waals surface area (Å²) in [6.07, 6.45) is 11.5. The van der Waals surface area contributed by atoms with Gasteiger partial charge in [0.05, 0.1) is 37.9 Å². The standard InChI is InChI=1S/C24H25N7O3S.C23H23N5O3S.C20H18ClN3O4S2.C20H22N2O3S.C3H4N2S.5H2/c1-18(28-20-4-2-3-19(15-20)16-25)24(32)31-13-11-30(12-14-31)21-5-7-22(8-6-21)35(33,34)29-23-9-10-26-17-27-23;29-32(30,26-23-9-10-24-17-25-23)21-7-5-19(6-8-21)28-13-11-27(12-14-28)16-20-15-18-3-1-2-4-22(18)31-20;1-13-2-7-16(21)18(12-13)28-17-8-10-24(19(17)25)14-3-5-15(6-4-14)30(26,27)23-20-22-9-11-29-20;1-14-4-9-18-15(13-14)3-2-11-22(18)19-10-12-21(20(19)23)16-5-7-17(8-6-16)26(24)25;4-3-5-1-2-6-3;;;;;/h2-10,15,17-18,28H,11-14H2,1H3,(H,26,27,29);1-10,15,17H,11-14,16H2,(H,24,25,26);2-7,9,11-12,17H,8,10H2,1H3,(H,22,23);4-9,13,19H,2-3,10-12H2,1H3,(H,24,25);1-2H,(H2,4,5);5*1H/p-1/t;;;19-;;;;;;/m...1....../s1. The SMILES string of the molecule is CC(Nc1cccc(C#N)c1)C(=O)N1CCN(c2ccc(S(=O)(=O)Nc3ccncn3)cc2)CC1.Cc1ccc(Cl)c(OC2CCN(c3ccc(S(=O)(=O)Nc4nccs4)cc3)C2=O)c1.Cc1ccc2c(c1)CCCN2[C@@H]1CCN(c2ccc(S(=O)[O-])cc2)C1=O.Nc1nccs1.O=S(=O)(Nc1ccncn1)c1ccc(N2CCN(Cc3cc4ccccc4o3)CC2)cc1.[HH].[HH].[HH].[HH].[HH]. The number of para-hydroxylation sites is 1. The van der Waals surface area contributed by atoms with Gasteiger partial charge in [-0.3, -0.25) is 37.7 Å². The van der Waals surface area contributed by atoms with Gasteiger partial charge in [0.1, 0.15) is 53.5 Å². The molecule has 4 saturated heterocycles. The summed E-state index contributed by atoms with van der Waals surface area (Å²) in [7, 11) is -11.2. The highest BCUT2D eigenvalue weighted by Crippen LogP contribution is 2.37. The molecule has 39 heteroatoms. The Morgan fingerprint density at radius 1 is 0.620 bits per heavy atom. The fourth-order valence-electron chi connectivity index (χ4n) is 15.1. The largest absolute Gasteiger partial charge is 0.768 e. The van der Waals surface area contributed by atoms with Crippen molar-refractivity contribution in [3.05, 3.63) is 281 Å². The van der Waals surface area contributed by atoms with Gasteiger partial charge in [0.2, 0.25) is 11.8 Å². The van der Waals surface area contributed by atoms with Crippen molar-refractivity contribution in [1.29, 1.82) is 5.26 Å². The van der Waals surface area contributed by atoms with Crippen LogP contribution in [0.4, 0.5) is 56.0 Å². The van der Waals surface area contributed by atoms with E-state index >= 15 is 0 Å². The minimum Gasteiger partial charge on any atom is -0.768 e. The molecular weight excluding hydrogens is 1780 g/mol. The first kappa shape index (κ1) is 92.2. The summed E-state index contributed by atoms with van der Waals surface area (Å²) in [5.41, 5.74) is 15.4. The third-order valence-corrected chi connectivity index (χ3v) is 28.1. The third kappa shape index (κ3) is 24.1. The molecule has 5 aromatic heterocycles. The van der Waals surface area contributed by atoms with Gasteiger partial charge >= 0.3 is 0 Å². The first-order chi connectivity index (χ1) is 62.2. The van der Waals surface area contributed by atoms with Crippen LogP contribution in [0.2, 0.25) is 5.02 Å². The molecule has 10 heterocycles. The molecular formula is C90H101ClN19O13S6-. The summed E-state index contributed by atoms with van der Waals surface area (Å²) < 4.78 is 116.